The van der Waals surface area contributed by atoms with Gasteiger partial charge in [0.1, 0.15) is 5.03 Å². The number of carbonyl (C=O) groups is 1. The number of ether oxygens (including phenoxy) is 1. The summed E-state index contributed by atoms with van der Waals surface area (Å²) in [6.45, 7) is 0. The molecule has 98 valence electrons. The van der Waals surface area contributed by atoms with Crippen LogP contribution in [0.25, 0.3) is 0 Å². The van der Waals surface area contributed by atoms with Gasteiger partial charge in [0.2, 0.25) is 0 Å². The van der Waals surface area contributed by atoms with Gasteiger partial charge in [0.05, 0.1) is 23.9 Å². The molecular formula is C12H9ClN2O3S. The van der Waals surface area contributed by atoms with Crippen LogP contribution < -0.4 is 4.74 Å². The molecule has 0 radical (unpaired) electrons. The summed E-state index contributed by atoms with van der Waals surface area (Å²) < 4.78 is 4.93. The molecule has 0 atom stereocenters. The Hall–Kier alpha value is -1.79. The van der Waals surface area contributed by atoms with Crippen LogP contribution in [0.5, 0.6) is 6.01 Å². The molecular weight excluding hydrogens is 288 g/mol. The lowest BCUT2D eigenvalue weighted by Gasteiger charge is -2.05. The number of rotatable bonds is 4. The van der Waals surface area contributed by atoms with Crippen LogP contribution in [0.1, 0.15) is 10.4 Å². The third kappa shape index (κ3) is 3.36. The predicted octanol–water partition coefficient (Wildman–Crippen LogP) is 2.99. The number of carboxylic acids is 1. The van der Waals surface area contributed by atoms with Gasteiger partial charge in [0.25, 0.3) is 0 Å². The molecule has 1 aromatic heterocycles. The second-order valence-electron chi connectivity index (χ2n) is 3.44. The Labute approximate surface area is 118 Å². The van der Waals surface area contributed by atoms with Crippen LogP contribution in [0.2, 0.25) is 5.02 Å². The van der Waals surface area contributed by atoms with E-state index in [1.807, 2.05) is 0 Å². The first-order chi connectivity index (χ1) is 9.10. The zero-order valence-corrected chi connectivity index (χ0v) is 11.4. The van der Waals surface area contributed by atoms with Crippen molar-refractivity contribution in [3.05, 3.63) is 41.0 Å². The number of nitrogens with zero attached hydrogens (tertiary/aromatic N) is 2. The van der Waals surface area contributed by atoms with E-state index >= 15 is 0 Å². The minimum absolute atomic E-state index is 0.231. The van der Waals surface area contributed by atoms with Crippen molar-refractivity contribution >= 4 is 29.3 Å². The van der Waals surface area contributed by atoms with Crippen molar-refractivity contribution in [2.24, 2.45) is 0 Å². The summed E-state index contributed by atoms with van der Waals surface area (Å²) in [5.74, 6) is -0.960. The Bertz CT molecular complexity index is 604. The maximum atomic E-state index is 10.7. The van der Waals surface area contributed by atoms with Crippen molar-refractivity contribution in [3.8, 4) is 6.01 Å². The number of hydrogen-bond donors (Lipinski definition) is 1. The van der Waals surface area contributed by atoms with E-state index in [2.05, 4.69) is 9.97 Å². The molecule has 0 aliphatic heterocycles. The Balaban J connectivity index is 2.23. The lowest BCUT2D eigenvalue weighted by molar-refractivity contribution is 0.0697. The van der Waals surface area contributed by atoms with E-state index in [1.165, 1.54) is 37.2 Å². The highest BCUT2D eigenvalue weighted by atomic mass is 35.5. The van der Waals surface area contributed by atoms with Gasteiger partial charge >= 0.3 is 12.0 Å². The SMILES string of the molecule is COc1ncc(Cl)c(Sc2ccc(C(=O)O)cc2)n1. The summed E-state index contributed by atoms with van der Waals surface area (Å²) in [5.41, 5.74) is 0.232. The minimum Gasteiger partial charge on any atom is -0.478 e. The number of carboxylic acid groups (broad SMARTS) is 1. The molecule has 5 nitrogen and oxygen atoms in total. The van der Waals surface area contributed by atoms with Crippen molar-refractivity contribution in [1.82, 2.24) is 9.97 Å². The minimum atomic E-state index is -0.960. The van der Waals surface area contributed by atoms with Crippen LogP contribution in [0, 0.1) is 0 Å². The van der Waals surface area contributed by atoms with Crippen molar-refractivity contribution < 1.29 is 14.6 Å². The summed E-state index contributed by atoms with van der Waals surface area (Å²) in [7, 11) is 1.47. The average molecular weight is 297 g/mol. The second-order valence-corrected chi connectivity index (χ2v) is 4.91. The van der Waals surface area contributed by atoms with E-state index in [9.17, 15) is 4.79 Å². The van der Waals surface area contributed by atoms with Gasteiger partial charge in [-0.2, -0.15) is 4.98 Å². The van der Waals surface area contributed by atoms with E-state index in [1.54, 1.807) is 12.1 Å². The molecule has 0 bridgehead atoms. The van der Waals surface area contributed by atoms with Gasteiger partial charge in [-0.3, -0.25) is 0 Å². The Morgan fingerprint density at radius 2 is 2.05 bits per heavy atom. The van der Waals surface area contributed by atoms with E-state index in [0.29, 0.717) is 10.0 Å². The topological polar surface area (TPSA) is 72.3 Å². The highest BCUT2D eigenvalue weighted by Crippen LogP contribution is 2.32. The standard InChI is InChI=1S/C12H9ClN2O3S/c1-18-12-14-6-9(13)10(15-12)19-8-4-2-7(3-5-8)11(16)17/h2-6H,1H3,(H,16,17). The summed E-state index contributed by atoms with van der Waals surface area (Å²) in [6, 6.07) is 6.67. The molecule has 0 aliphatic rings. The number of halogens is 1. The van der Waals surface area contributed by atoms with Gasteiger partial charge < -0.3 is 9.84 Å². The molecule has 0 saturated carbocycles. The molecule has 0 unspecified atom stereocenters. The lowest BCUT2D eigenvalue weighted by Crippen LogP contribution is -1.95. The smallest absolute Gasteiger partial charge is 0.335 e. The molecule has 7 heteroatoms. The second kappa shape index (κ2) is 5.90. The molecule has 19 heavy (non-hydrogen) atoms. The van der Waals surface area contributed by atoms with Crippen molar-refractivity contribution in [3.63, 3.8) is 0 Å². The summed E-state index contributed by atoms with van der Waals surface area (Å²) in [4.78, 5) is 19.6. The third-order valence-electron chi connectivity index (χ3n) is 2.19. The van der Waals surface area contributed by atoms with E-state index in [0.717, 1.165) is 4.90 Å². The first-order valence-corrected chi connectivity index (χ1v) is 6.37. The maximum Gasteiger partial charge on any atom is 0.335 e. The molecule has 2 rings (SSSR count). The third-order valence-corrected chi connectivity index (χ3v) is 3.59. The van der Waals surface area contributed by atoms with E-state index < -0.39 is 5.97 Å². The number of methoxy groups -OCH3 is 1. The fourth-order valence-electron chi connectivity index (χ4n) is 1.28. The predicted molar refractivity (Wildman–Crippen MR) is 71.1 cm³/mol. The zero-order chi connectivity index (χ0) is 13.8. The molecule has 0 spiro atoms. The molecule has 0 amide bonds. The quantitative estimate of drug-likeness (QED) is 0.875. The first-order valence-electron chi connectivity index (χ1n) is 5.18. The van der Waals surface area contributed by atoms with Crippen LogP contribution in [-0.2, 0) is 0 Å². The highest BCUT2D eigenvalue weighted by molar-refractivity contribution is 7.99. The number of hydrogen-bond acceptors (Lipinski definition) is 5. The Morgan fingerprint density at radius 3 is 2.63 bits per heavy atom. The largest absolute Gasteiger partial charge is 0.478 e. The molecule has 1 aromatic carbocycles. The van der Waals surface area contributed by atoms with Gasteiger partial charge in [-0.15, -0.1) is 0 Å². The number of aromatic nitrogens is 2. The van der Waals surface area contributed by atoms with E-state index in [4.69, 9.17) is 21.4 Å². The van der Waals surface area contributed by atoms with Gasteiger partial charge in [0, 0.05) is 4.90 Å². The normalized spacial score (nSPS) is 10.2. The average Bonchev–Trinajstić information content (AvgIpc) is 2.42. The molecule has 0 fully saturated rings. The van der Waals surface area contributed by atoms with Crippen molar-refractivity contribution in [2.75, 3.05) is 7.11 Å². The highest BCUT2D eigenvalue weighted by Gasteiger charge is 2.09. The summed E-state index contributed by atoms with van der Waals surface area (Å²) in [5, 5.41) is 9.78. The van der Waals surface area contributed by atoms with Crippen molar-refractivity contribution in [2.45, 2.75) is 9.92 Å². The van der Waals surface area contributed by atoms with Crippen LogP contribution in [0.4, 0.5) is 0 Å². The molecule has 1 heterocycles. The monoisotopic (exact) mass is 296 g/mol. The molecule has 0 saturated heterocycles. The van der Waals surface area contributed by atoms with E-state index in [-0.39, 0.29) is 11.6 Å². The van der Waals surface area contributed by atoms with Crippen LogP contribution in [0.15, 0.2) is 40.4 Å². The van der Waals surface area contributed by atoms with Gasteiger partial charge in [-0.1, -0.05) is 23.4 Å². The molecule has 0 aliphatic carbocycles. The first kappa shape index (κ1) is 13.6. The molecule has 1 N–H and O–H groups in total. The summed E-state index contributed by atoms with van der Waals surface area (Å²) in [6.07, 6.45) is 1.46. The zero-order valence-electron chi connectivity index (χ0n) is 9.83. The van der Waals surface area contributed by atoms with Crippen molar-refractivity contribution in [1.29, 1.82) is 0 Å². The number of aromatic carboxylic acids is 1. The van der Waals surface area contributed by atoms with Crippen LogP contribution in [0.3, 0.4) is 0 Å². The van der Waals surface area contributed by atoms with Gasteiger partial charge in [-0.05, 0) is 24.3 Å². The lowest BCUT2D eigenvalue weighted by atomic mass is 10.2. The van der Waals surface area contributed by atoms with Gasteiger partial charge in [-0.25, -0.2) is 9.78 Å². The fraction of sp³-hybridized carbons (Fsp3) is 0.0833. The van der Waals surface area contributed by atoms with Crippen LogP contribution in [-0.4, -0.2) is 28.2 Å². The number of benzene rings is 1. The summed E-state index contributed by atoms with van der Waals surface area (Å²) >= 11 is 7.30. The maximum absolute atomic E-state index is 10.7. The van der Waals surface area contributed by atoms with Crippen LogP contribution >= 0.6 is 23.4 Å². The Morgan fingerprint density at radius 1 is 1.37 bits per heavy atom. The molecule has 2 aromatic rings. The fourth-order valence-corrected chi connectivity index (χ4v) is 2.26. The van der Waals surface area contributed by atoms with Gasteiger partial charge in [0.15, 0.2) is 0 Å². The Kier molecular flexibility index (Phi) is 4.24.